The third-order valence-electron chi connectivity index (χ3n) is 1.61. The Kier molecular flexibility index (Phi) is 2.02. The minimum Gasteiger partial charge on any atom is -0.367 e. The molecule has 4 nitrogen and oxygen atoms in total. The molecule has 13 heavy (non-hydrogen) atoms. The minimum absolute atomic E-state index is 0.284. The quantitative estimate of drug-likeness (QED) is 0.828. The van der Waals surface area contributed by atoms with Gasteiger partial charge >= 0.3 is 0 Å². The zero-order valence-electron chi connectivity index (χ0n) is 6.57. The fraction of sp³-hybridized carbons (Fsp3) is 0. The highest BCUT2D eigenvalue weighted by Gasteiger charge is 2.11. The van der Waals surface area contributed by atoms with Crippen molar-refractivity contribution in [2.24, 2.45) is 0 Å². The summed E-state index contributed by atoms with van der Waals surface area (Å²) in [6.07, 6.45) is 3.37. The van der Waals surface area contributed by atoms with Crippen molar-refractivity contribution in [2.45, 2.75) is 0 Å². The number of pyridine rings is 1. The minimum atomic E-state index is 0.284. The molecular formula is C8H6BrN3O. The number of hydrogen-bond acceptors (Lipinski definition) is 4. The van der Waals surface area contributed by atoms with E-state index in [1.54, 1.807) is 12.4 Å². The Labute approximate surface area is 82.9 Å². The Bertz CT molecular complexity index is 413. The largest absolute Gasteiger partial charge is 0.367 e. The second-order valence-electron chi connectivity index (χ2n) is 2.45. The normalized spacial score (nSPS) is 10.2. The van der Waals surface area contributed by atoms with Gasteiger partial charge in [0.1, 0.15) is 10.2 Å². The van der Waals surface area contributed by atoms with Crippen molar-refractivity contribution in [3.63, 3.8) is 0 Å². The van der Waals surface area contributed by atoms with E-state index in [9.17, 15) is 0 Å². The van der Waals surface area contributed by atoms with Gasteiger partial charge in [-0.25, -0.2) is 0 Å². The lowest BCUT2D eigenvalue weighted by Crippen LogP contribution is -1.81. The summed E-state index contributed by atoms with van der Waals surface area (Å²) < 4.78 is 5.49. The van der Waals surface area contributed by atoms with E-state index in [4.69, 9.17) is 10.3 Å². The molecule has 0 saturated heterocycles. The van der Waals surface area contributed by atoms with Crippen molar-refractivity contribution >= 4 is 21.8 Å². The zero-order chi connectivity index (χ0) is 9.26. The number of anilines is 1. The highest BCUT2D eigenvalue weighted by molar-refractivity contribution is 9.10. The topological polar surface area (TPSA) is 64.9 Å². The van der Waals surface area contributed by atoms with Gasteiger partial charge in [0, 0.05) is 18.0 Å². The summed E-state index contributed by atoms with van der Waals surface area (Å²) in [7, 11) is 0. The highest BCUT2D eigenvalue weighted by atomic mass is 79.9. The van der Waals surface area contributed by atoms with Crippen LogP contribution in [0.25, 0.3) is 11.3 Å². The molecule has 0 atom stereocenters. The Morgan fingerprint density at radius 2 is 2.00 bits per heavy atom. The van der Waals surface area contributed by atoms with Crippen LogP contribution >= 0.6 is 15.9 Å². The molecule has 0 amide bonds. The van der Waals surface area contributed by atoms with Gasteiger partial charge in [-0.05, 0) is 28.1 Å². The first-order valence-corrected chi connectivity index (χ1v) is 4.39. The maximum absolute atomic E-state index is 5.49. The molecule has 2 aromatic heterocycles. The van der Waals surface area contributed by atoms with E-state index in [-0.39, 0.29) is 5.88 Å². The Hall–Kier alpha value is -1.36. The van der Waals surface area contributed by atoms with Gasteiger partial charge in [-0.1, -0.05) is 5.16 Å². The molecule has 0 saturated carbocycles. The zero-order valence-corrected chi connectivity index (χ0v) is 8.15. The molecule has 0 aliphatic rings. The monoisotopic (exact) mass is 239 g/mol. The van der Waals surface area contributed by atoms with Gasteiger partial charge < -0.3 is 10.3 Å². The van der Waals surface area contributed by atoms with Crippen LogP contribution in [0.15, 0.2) is 33.5 Å². The van der Waals surface area contributed by atoms with Crippen LogP contribution in [0.1, 0.15) is 0 Å². The van der Waals surface area contributed by atoms with Gasteiger partial charge in [0.15, 0.2) is 0 Å². The fourth-order valence-electron chi connectivity index (χ4n) is 0.981. The van der Waals surface area contributed by atoms with Crippen molar-refractivity contribution in [1.29, 1.82) is 0 Å². The van der Waals surface area contributed by atoms with E-state index in [1.165, 1.54) is 0 Å². The molecular weight excluding hydrogens is 234 g/mol. The Balaban J connectivity index is 2.53. The molecule has 2 aromatic rings. The van der Waals surface area contributed by atoms with Crippen LogP contribution in [-0.4, -0.2) is 10.1 Å². The van der Waals surface area contributed by atoms with Crippen molar-refractivity contribution < 1.29 is 4.52 Å². The SMILES string of the molecule is Nc1onc(-c2ccncc2)c1Br. The van der Waals surface area contributed by atoms with Gasteiger partial charge in [-0.2, -0.15) is 0 Å². The molecule has 0 spiro atoms. The van der Waals surface area contributed by atoms with E-state index in [2.05, 4.69) is 26.1 Å². The summed E-state index contributed by atoms with van der Waals surface area (Å²) in [5.74, 6) is 0.284. The molecule has 2 N–H and O–H groups in total. The average molecular weight is 240 g/mol. The molecule has 2 rings (SSSR count). The molecule has 0 fully saturated rings. The van der Waals surface area contributed by atoms with Crippen LogP contribution in [0.4, 0.5) is 5.88 Å². The number of nitrogens with zero attached hydrogens (tertiary/aromatic N) is 2. The van der Waals surface area contributed by atoms with Crippen LogP contribution in [0.5, 0.6) is 0 Å². The van der Waals surface area contributed by atoms with Crippen LogP contribution in [0, 0.1) is 0 Å². The smallest absolute Gasteiger partial charge is 0.237 e. The maximum atomic E-state index is 5.49. The fourth-order valence-corrected chi connectivity index (χ4v) is 1.35. The average Bonchev–Trinajstić information content (AvgIpc) is 2.49. The predicted octanol–water partition coefficient (Wildman–Crippen LogP) is 2.08. The van der Waals surface area contributed by atoms with Gasteiger partial charge in [0.25, 0.3) is 0 Å². The molecule has 2 heterocycles. The van der Waals surface area contributed by atoms with E-state index < -0.39 is 0 Å². The second kappa shape index (κ2) is 3.18. The lowest BCUT2D eigenvalue weighted by Gasteiger charge is -1.93. The summed E-state index contributed by atoms with van der Waals surface area (Å²) in [6, 6.07) is 3.67. The molecule has 66 valence electrons. The summed E-state index contributed by atoms with van der Waals surface area (Å²) in [5.41, 5.74) is 7.10. The summed E-state index contributed by atoms with van der Waals surface area (Å²) in [5, 5.41) is 3.81. The molecule has 0 unspecified atom stereocenters. The molecule has 0 bridgehead atoms. The van der Waals surface area contributed by atoms with Crippen LogP contribution < -0.4 is 5.73 Å². The standard InChI is InChI=1S/C8H6BrN3O/c9-6-7(12-13-8(6)10)5-1-3-11-4-2-5/h1-4H,10H2. The second-order valence-corrected chi connectivity index (χ2v) is 3.24. The van der Waals surface area contributed by atoms with E-state index in [1.807, 2.05) is 12.1 Å². The number of hydrogen-bond donors (Lipinski definition) is 1. The first kappa shape index (κ1) is 8.25. The van der Waals surface area contributed by atoms with Crippen molar-refractivity contribution in [3.05, 3.63) is 29.0 Å². The van der Waals surface area contributed by atoms with Gasteiger partial charge in [0.2, 0.25) is 5.88 Å². The van der Waals surface area contributed by atoms with Gasteiger partial charge in [-0.3, -0.25) is 4.98 Å². The number of rotatable bonds is 1. The molecule has 0 aromatic carbocycles. The lowest BCUT2D eigenvalue weighted by molar-refractivity contribution is 0.439. The first-order chi connectivity index (χ1) is 6.29. The van der Waals surface area contributed by atoms with Crippen molar-refractivity contribution in [2.75, 3.05) is 5.73 Å². The molecule has 0 radical (unpaired) electrons. The van der Waals surface area contributed by atoms with Crippen molar-refractivity contribution in [3.8, 4) is 11.3 Å². The molecule has 0 aliphatic heterocycles. The van der Waals surface area contributed by atoms with Crippen LogP contribution in [0.2, 0.25) is 0 Å². The first-order valence-electron chi connectivity index (χ1n) is 3.60. The van der Waals surface area contributed by atoms with Crippen molar-refractivity contribution in [1.82, 2.24) is 10.1 Å². The van der Waals surface area contributed by atoms with E-state index >= 15 is 0 Å². The van der Waals surface area contributed by atoms with E-state index in [0.717, 1.165) is 5.56 Å². The number of halogens is 1. The van der Waals surface area contributed by atoms with E-state index in [0.29, 0.717) is 10.2 Å². The molecule has 0 aliphatic carbocycles. The third kappa shape index (κ3) is 1.42. The van der Waals surface area contributed by atoms with Gasteiger partial charge in [0.05, 0.1) is 0 Å². The predicted molar refractivity (Wildman–Crippen MR) is 51.8 cm³/mol. The molecule has 5 heteroatoms. The number of aromatic nitrogens is 2. The van der Waals surface area contributed by atoms with Gasteiger partial charge in [-0.15, -0.1) is 0 Å². The Morgan fingerprint density at radius 3 is 2.54 bits per heavy atom. The lowest BCUT2D eigenvalue weighted by atomic mass is 10.2. The summed E-state index contributed by atoms with van der Waals surface area (Å²) in [6.45, 7) is 0. The Morgan fingerprint density at radius 1 is 1.31 bits per heavy atom. The number of nitrogens with two attached hydrogens (primary N) is 1. The van der Waals surface area contributed by atoms with Crippen LogP contribution in [0.3, 0.4) is 0 Å². The van der Waals surface area contributed by atoms with Crippen LogP contribution in [-0.2, 0) is 0 Å². The summed E-state index contributed by atoms with van der Waals surface area (Å²) >= 11 is 3.29. The number of nitrogen functional groups attached to an aromatic ring is 1. The highest BCUT2D eigenvalue weighted by Crippen LogP contribution is 2.31. The third-order valence-corrected chi connectivity index (χ3v) is 2.38. The summed E-state index contributed by atoms with van der Waals surface area (Å²) in [4.78, 5) is 3.90. The maximum Gasteiger partial charge on any atom is 0.237 e.